The van der Waals surface area contributed by atoms with Gasteiger partial charge < -0.3 is 9.47 Å². The summed E-state index contributed by atoms with van der Waals surface area (Å²) in [5.41, 5.74) is -0.642. The van der Waals surface area contributed by atoms with E-state index in [2.05, 4.69) is 11.4 Å². The zero-order valence-electron chi connectivity index (χ0n) is 12.7. The van der Waals surface area contributed by atoms with E-state index in [0.29, 0.717) is 19.6 Å². The van der Waals surface area contributed by atoms with Gasteiger partial charge in [0.1, 0.15) is 5.54 Å². The topological polar surface area (TPSA) is 54.3 Å². The van der Waals surface area contributed by atoms with Crippen LogP contribution in [-0.4, -0.2) is 37.0 Å². The zero-order chi connectivity index (χ0) is 14.2. The molecule has 2 unspecified atom stereocenters. The molecule has 0 saturated heterocycles. The van der Waals surface area contributed by atoms with Crippen molar-refractivity contribution in [1.29, 1.82) is 5.26 Å². The monoisotopic (exact) mass is 256 g/mol. The third-order valence-corrected chi connectivity index (χ3v) is 2.53. The molecule has 0 spiro atoms. The number of nitrogens with one attached hydrogen (secondary N) is 1. The van der Waals surface area contributed by atoms with Crippen molar-refractivity contribution in [1.82, 2.24) is 5.32 Å². The number of nitriles is 1. The molecule has 1 N–H and O–H groups in total. The van der Waals surface area contributed by atoms with Crippen molar-refractivity contribution >= 4 is 0 Å². The Hall–Kier alpha value is -0.630. The summed E-state index contributed by atoms with van der Waals surface area (Å²) in [7, 11) is 0. The minimum absolute atomic E-state index is 0.0391. The van der Waals surface area contributed by atoms with E-state index in [0.717, 1.165) is 6.54 Å². The molecule has 0 aliphatic heterocycles. The smallest absolute Gasteiger partial charge is 0.106 e. The van der Waals surface area contributed by atoms with Crippen LogP contribution in [0, 0.1) is 11.3 Å². The lowest BCUT2D eigenvalue weighted by atomic mass is 9.96. The lowest BCUT2D eigenvalue weighted by molar-refractivity contribution is -0.0519. The highest BCUT2D eigenvalue weighted by molar-refractivity contribution is 5.04. The Morgan fingerprint density at radius 3 is 2.28 bits per heavy atom. The van der Waals surface area contributed by atoms with E-state index in [1.807, 2.05) is 41.5 Å². The number of ether oxygens (including phenoxy) is 2. The maximum Gasteiger partial charge on any atom is 0.106 e. The molecular formula is C14H28N2O2. The fourth-order valence-electron chi connectivity index (χ4n) is 1.78. The first-order chi connectivity index (χ1) is 8.22. The zero-order valence-corrected chi connectivity index (χ0v) is 12.7. The van der Waals surface area contributed by atoms with Gasteiger partial charge in [-0.25, -0.2) is 0 Å². The molecule has 0 aromatic carbocycles. The second-order valence-electron chi connectivity index (χ2n) is 5.82. The Morgan fingerprint density at radius 1 is 1.22 bits per heavy atom. The highest BCUT2D eigenvalue weighted by Gasteiger charge is 2.25. The predicted molar refractivity (Wildman–Crippen MR) is 73.4 cm³/mol. The lowest BCUT2D eigenvalue weighted by Gasteiger charge is -2.26. The van der Waals surface area contributed by atoms with Gasteiger partial charge in [-0.05, 0) is 41.2 Å². The molecule has 0 amide bonds. The Bertz CT molecular complexity index is 268. The highest BCUT2D eigenvalue weighted by atomic mass is 16.5. The van der Waals surface area contributed by atoms with Crippen LogP contribution in [0.1, 0.15) is 48.0 Å². The molecule has 0 radical (unpaired) electrons. The van der Waals surface area contributed by atoms with Crippen molar-refractivity contribution in [3.05, 3.63) is 0 Å². The quantitative estimate of drug-likeness (QED) is 0.678. The van der Waals surface area contributed by atoms with Crippen molar-refractivity contribution in [2.75, 3.05) is 19.8 Å². The van der Waals surface area contributed by atoms with Crippen LogP contribution in [-0.2, 0) is 9.47 Å². The van der Waals surface area contributed by atoms with Gasteiger partial charge in [0.15, 0.2) is 0 Å². The van der Waals surface area contributed by atoms with Gasteiger partial charge >= 0.3 is 0 Å². The molecule has 0 aromatic heterocycles. The summed E-state index contributed by atoms with van der Waals surface area (Å²) in [5.74, 6) is 0. The van der Waals surface area contributed by atoms with Crippen LogP contribution in [0.2, 0.25) is 0 Å². The predicted octanol–water partition coefficient (Wildman–Crippen LogP) is 2.49. The first kappa shape index (κ1) is 17.4. The number of hydrogen-bond donors (Lipinski definition) is 1. The molecule has 2 atom stereocenters. The van der Waals surface area contributed by atoms with E-state index in [1.165, 1.54) is 0 Å². The maximum absolute atomic E-state index is 9.15. The van der Waals surface area contributed by atoms with E-state index in [4.69, 9.17) is 14.7 Å². The van der Waals surface area contributed by atoms with Crippen molar-refractivity contribution in [2.24, 2.45) is 0 Å². The summed E-state index contributed by atoms with van der Waals surface area (Å²) in [6, 6.07) is 2.30. The third kappa shape index (κ3) is 8.46. The van der Waals surface area contributed by atoms with Crippen LogP contribution in [0.25, 0.3) is 0 Å². The van der Waals surface area contributed by atoms with Crippen molar-refractivity contribution in [3.63, 3.8) is 0 Å². The molecule has 0 heterocycles. The van der Waals surface area contributed by atoms with Crippen LogP contribution in [0.3, 0.4) is 0 Å². The second kappa shape index (κ2) is 7.73. The second-order valence-corrected chi connectivity index (χ2v) is 5.82. The molecule has 0 bridgehead atoms. The van der Waals surface area contributed by atoms with Crippen molar-refractivity contribution in [3.8, 4) is 6.07 Å². The van der Waals surface area contributed by atoms with E-state index < -0.39 is 5.54 Å². The molecular weight excluding hydrogens is 228 g/mol. The number of rotatable bonds is 8. The first-order valence-electron chi connectivity index (χ1n) is 6.64. The maximum atomic E-state index is 9.15. The Balaban J connectivity index is 3.90. The van der Waals surface area contributed by atoms with Gasteiger partial charge in [0.25, 0.3) is 0 Å². The van der Waals surface area contributed by atoms with Crippen LogP contribution in [0.5, 0.6) is 0 Å². The molecule has 4 nitrogen and oxygen atoms in total. The lowest BCUT2D eigenvalue weighted by Crippen LogP contribution is -2.43. The summed E-state index contributed by atoms with van der Waals surface area (Å²) >= 11 is 0. The van der Waals surface area contributed by atoms with Gasteiger partial charge in [-0.1, -0.05) is 6.92 Å². The minimum atomic E-state index is -0.515. The largest absolute Gasteiger partial charge is 0.376 e. The standard InChI is InChI=1S/C14H28N2O2/c1-7-16-14(6,11-15)10-12(2)17-8-9-18-13(3,4)5/h12,16H,7-10H2,1-6H3. The molecule has 106 valence electrons. The van der Waals surface area contributed by atoms with E-state index in [1.54, 1.807) is 0 Å². The number of nitrogens with zero attached hydrogens (tertiary/aromatic N) is 1. The molecule has 0 rings (SSSR count). The van der Waals surface area contributed by atoms with Crippen LogP contribution >= 0.6 is 0 Å². The molecule has 0 saturated carbocycles. The average molecular weight is 256 g/mol. The summed E-state index contributed by atoms with van der Waals surface area (Å²) in [4.78, 5) is 0. The third-order valence-electron chi connectivity index (χ3n) is 2.53. The minimum Gasteiger partial charge on any atom is -0.376 e. The summed E-state index contributed by atoms with van der Waals surface area (Å²) in [5, 5.41) is 12.3. The molecule has 4 heteroatoms. The fourth-order valence-corrected chi connectivity index (χ4v) is 1.78. The van der Waals surface area contributed by atoms with Crippen molar-refractivity contribution in [2.45, 2.75) is 65.2 Å². The SMILES string of the molecule is CCNC(C)(C#N)CC(C)OCCOC(C)(C)C. The van der Waals surface area contributed by atoms with Gasteiger partial charge in [0.2, 0.25) is 0 Å². The Labute approximate surface area is 112 Å². The van der Waals surface area contributed by atoms with Crippen molar-refractivity contribution < 1.29 is 9.47 Å². The summed E-state index contributed by atoms with van der Waals surface area (Å²) in [6.45, 7) is 13.9. The molecule has 0 fully saturated rings. The molecule has 0 aliphatic rings. The fraction of sp³-hybridized carbons (Fsp3) is 0.929. The Morgan fingerprint density at radius 2 is 1.83 bits per heavy atom. The first-order valence-corrected chi connectivity index (χ1v) is 6.64. The number of hydrogen-bond acceptors (Lipinski definition) is 4. The summed E-state index contributed by atoms with van der Waals surface area (Å²) in [6.07, 6.45) is 0.713. The average Bonchev–Trinajstić information content (AvgIpc) is 2.23. The van der Waals surface area contributed by atoms with Gasteiger partial charge in [-0.15, -0.1) is 0 Å². The molecule has 0 aromatic rings. The van der Waals surface area contributed by atoms with Crippen LogP contribution in [0.4, 0.5) is 0 Å². The molecule has 18 heavy (non-hydrogen) atoms. The normalized spacial score (nSPS) is 16.9. The summed E-state index contributed by atoms with van der Waals surface area (Å²) < 4.78 is 11.2. The molecule has 0 aliphatic carbocycles. The van der Waals surface area contributed by atoms with Crippen LogP contribution in [0.15, 0.2) is 0 Å². The van der Waals surface area contributed by atoms with Gasteiger partial charge in [0.05, 0.1) is 31.0 Å². The van der Waals surface area contributed by atoms with Gasteiger partial charge in [0, 0.05) is 6.42 Å². The van der Waals surface area contributed by atoms with Crippen LogP contribution < -0.4 is 5.32 Å². The highest BCUT2D eigenvalue weighted by Crippen LogP contribution is 2.14. The van der Waals surface area contributed by atoms with Gasteiger partial charge in [-0.2, -0.15) is 5.26 Å². The Kier molecular flexibility index (Phi) is 7.46. The van der Waals surface area contributed by atoms with E-state index >= 15 is 0 Å². The van der Waals surface area contributed by atoms with Gasteiger partial charge in [-0.3, -0.25) is 5.32 Å². The van der Waals surface area contributed by atoms with E-state index in [-0.39, 0.29) is 11.7 Å². The van der Waals surface area contributed by atoms with E-state index in [9.17, 15) is 0 Å².